The van der Waals surface area contributed by atoms with E-state index in [2.05, 4.69) is 66.5 Å². The molecular weight excluding hydrogens is 427 g/mol. The van der Waals surface area contributed by atoms with E-state index >= 15 is 0 Å². The predicted molar refractivity (Wildman–Crippen MR) is 118 cm³/mol. The van der Waals surface area contributed by atoms with E-state index in [-0.39, 0.29) is 30.1 Å². The van der Waals surface area contributed by atoms with Gasteiger partial charge in [0.05, 0.1) is 6.10 Å². The van der Waals surface area contributed by atoms with Crippen molar-refractivity contribution in [1.82, 2.24) is 15.5 Å². The fourth-order valence-corrected chi connectivity index (χ4v) is 2.18. The molecule has 0 aliphatic rings. The summed E-state index contributed by atoms with van der Waals surface area (Å²) in [4.78, 5) is 6.59. The molecule has 0 atom stereocenters. The Morgan fingerprint density at radius 1 is 1.20 bits per heavy atom. The third kappa shape index (κ3) is 9.30. The molecule has 1 aromatic rings. The summed E-state index contributed by atoms with van der Waals surface area (Å²) >= 11 is 0. The van der Waals surface area contributed by atoms with Crippen LogP contribution in [0.5, 0.6) is 5.75 Å². The summed E-state index contributed by atoms with van der Waals surface area (Å²) in [5, 5.41) is 6.72. The summed E-state index contributed by atoms with van der Waals surface area (Å²) < 4.78 is 5.92. The minimum absolute atomic E-state index is 0. The van der Waals surface area contributed by atoms with Crippen molar-refractivity contribution >= 4 is 29.9 Å². The molecule has 2 N–H and O–H groups in total. The lowest BCUT2D eigenvalue weighted by atomic mass is 10.1. The molecule has 0 bridgehead atoms. The minimum atomic E-state index is 0. The highest BCUT2D eigenvalue weighted by Gasteiger charge is 2.08. The quantitative estimate of drug-likeness (QED) is 0.353. The maximum Gasteiger partial charge on any atom is 0.191 e. The molecule has 0 aromatic heterocycles. The van der Waals surface area contributed by atoms with Crippen LogP contribution >= 0.6 is 24.0 Å². The van der Waals surface area contributed by atoms with Crippen molar-refractivity contribution in [3.05, 3.63) is 29.3 Å². The van der Waals surface area contributed by atoms with Gasteiger partial charge in [-0.2, -0.15) is 0 Å². The van der Waals surface area contributed by atoms with E-state index in [0.29, 0.717) is 12.6 Å². The second-order valence-electron chi connectivity index (χ2n) is 6.70. The van der Waals surface area contributed by atoms with Gasteiger partial charge in [0, 0.05) is 38.3 Å². The number of guanidine groups is 1. The van der Waals surface area contributed by atoms with Crippen molar-refractivity contribution in [2.75, 3.05) is 27.2 Å². The standard InChI is InChI=1S/C19H34N4O.HI/c1-14(2)23(7)11-10-21-19(20-6)22-13-17-9-8-16(5)12-18(17)24-15(3)4;/h8-9,12,14-15H,10-11,13H2,1-7H3,(H2,20,21,22);1H. The normalized spacial score (nSPS) is 11.7. The van der Waals surface area contributed by atoms with Crippen LogP contribution in [0.4, 0.5) is 0 Å². The number of likely N-dealkylation sites (N-methyl/N-ethyl adjacent to an activating group) is 1. The molecule has 0 unspecified atom stereocenters. The van der Waals surface area contributed by atoms with E-state index in [9.17, 15) is 0 Å². The largest absolute Gasteiger partial charge is 0.491 e. The third-order valence-corrected chi connectivity index (χ3v) is 3.89. The van der Waals surface area contributed by atoms with Crippen LogP contribution in [0.15, 0.2) is 23.2 Å². The lowest BCUT2D eigenvalue weighted by molar-refractivity contribution is 0.239. The molecule has 1 rings (SSSR count). The van der Waals surface area contributed by atoms with Gasteiger partial charge in [0.1, 0.15) is 5.75 Å². The van der Waals surface area contributed by atoms with Gasteiger partial charge >= 0.3 is 0 Å². The van der Waals surface area contributed by atoms with E-state index in [4.69, 9.17) is 4.74 Å². The van der Waals surface area contributed by atoms with Gasteiger partial charge in [-0.15, -0.1) is 24.0 Å². The number of rotatable bonds is 8. The van der Waals surface area contributed by atoms with Gasteiger partial charge < -0.3 is 20.3 Å². The van der Waals surface area contributed by atoms with Crippen LogP contribution in [0.2, 0.25) is 0 Å². The molecule has 6 heteroatoms. The second-order valence-corrected chi connectivity index (χ2v) is 6.70. The van der Waals surface area contributed by atoms with Crippen LogP contribution < -0.4 is 15.4 Å². The number of aryl methyl sites for hydroxylation is 1. The van der Waals surface area contributed by atoms with Gasteiger partial charge in [0.2, 0.25) is 0 Å². The van der Waals surface area contributed by atoms with Crippen LogP contribution in [0, 0.1) is 6.92 Å². The highest BCUT2D eigenvalue weighted by molar-refractivity contribution is 14.0. The second kappa shape index (κ2) is 12.4. The lowest BCUT2D eigenvalue weighted by Gasteiger charge is -2.22. The van der Waals surface area contributed by atoms with Crippen LogP contribution in [-0.4, -0.2) is 50.2 Å². The Hall–Kier alpha value is -1.02. The van der Waals surface area contributed by atoms with Gasteiger partial charge in [0.15, 0.2) is 5.96 Å². The molecule has 0 spiro atoms. The monoisotopic (exact) mass is 462 g/mol. The maximum atomic E-state index is 5.92. The van der Waals surface area contributed by atoms with E-state index in [1.165, 1.54) is 5.56 Å². The summed E-state index contributed by atoms with van der Waals surface area (Å²) in [5.74, 6) is 1.75. The van der Waals surface area contributed by atoms with Crippen LogP contribution in [0.25, 0.3) is 0 Å². The van der Waals surface area contributed by atoms with Crippen LogP contribution in [0.3, 0.4) is 0 Å². The molecule has 0 aliphatic carbocycles. The zero-order valence-electron chi connectivity index (χ0n) is 16.7. The third-order valence-electron chi connectivity index (χ3n) is 3.89. The van der Waals surface area contributed by atoms with Crippen molar-refractivity contribution < 1.29 is 4.74 Å². The predicted octanol–water partition coefficient (Wildman–Crippen LogP) is 3.41. The topological polar surface area (TPSA) is 48.9 Å². The number of halogens is 1. The first-order valence-electron chi connectivity index (χ1n) is 8.74. The highest BCUT2D eigenvalue weighted by atomic mass is 127. The number of ether oxygens (including phenoxy) is 1. The molecule has 144 valence electrons. The number of nitrogens with one attached hydrogen (secondary N) is 2. The van der Waals surface area contributed by atoms with Gasteiger partial charge in [-0.3, -0.25) is 4.99 Å². The zero-order chi connectivity index (χ0) is 18.1. The Morgan fingerprint density at radius 3 is 2.44 bits per heavy atom. The molecule has 25 heavy (non-hydrogen) atoms. The van der Waals surface area contributed by atoms with Crippen molar-refractivity contribution in [3.8, 4) is 5.75 Å². The summed E-state index contributed by atoms with van der Waals surface area (Å²) in [7, 11) is 3.92. The zero-order valence-corrected chi connectivity index (χ0v) is 19.0. The van der Waals surface area contributed by atoms with Gasteiger partial charge in [-0.1, -0.05) is 12.1 Å². The average Bonchev–Trinajstić information content (AvgIpc) is 2.51. The first kappa shape index (κ1) is 24.0. The molecule has 0 aliphatic heterocycles. The highest BCUT2D eigenvalue weighted by Crippen LogP contribution is 2.21. The van der Waals surface area contributed by atoms with Crippen LogP contribution in [-0.2, 0) is 6.54 Å². The summed E-state index contributed by atoms with van der Waals surface area (Å²) in [6.45, 7) is 13.1. The smallest absolute Gasteiger partial charge is 0.191 e. The Kier molecular flexibility index (Phi) is 11.8. The van der Waals surface area contributed by atoms with Crippen molar-refractivity contribution in [2.24, 2.45) is 4.99 Å². The fraction of sp³-hybridized carbons (Fsp3) is 0.632. The van der Waals surface area contributed by atoms with Gasteiger partial charge in [0.25, 0.3) is 0 Å². The van der Waals surface area contributed by atoms with Crippen LogP contribution in [0.1, 0.15) is 38.8 Å². The van der Waals surface area contributed by atoms with Gasteiger partial charge in [-0.25, -0.2) is 0 Å². The SMILES string of the molecule is CN=C(NCCN(C)C(C)C)NCc1ccc(C)cc1OC(C)C.I. The van der Waals surface area contributed by atoms with E-state index in [1.54, 1.807) is 7.05 Å². The molecule has 0 saturated carbocycles. The Labute approximate surface area is 170 Å². The number of benzene rings is 1. The first-order valence-corrected chi connectivity index (χ1v) is 8.74. The molecule has 0 fully saturated rings. The molecule has 5 nitrogen and oxygen atoms in total. The van der Waals surface area contributed by atoms with Crippen molar-refractivity contribution in [2.45, 2.75) is 53.3 Å². The minimum Gasteiger partial charge on any atom is -0.491 e. The molecular formula is C19H35IN4O. The Balaban J connectivity index is 0.00000576. The molecule has 0 saturated heterocycles. The summed E-state index contributed by atoms with van der Waals surface area (Å²) in [6.07, 6.45) is 0.162. The Bertz CT molecular complexity index is 532. The van der Waals surface area contributed by atoms with E-state index in [0.717, 1.165) is 30.4 Å². The van der Waals surface area contributed by atoms with Gasteiger partial charge in [-0.05, 0) is 53.3 Å². The fourth-order valence-electron chi connectivity index (χ4n) is 2.18. The lowest BCUT2D eigenvalue weighted by Crippen LogP contribution is -2.41. The molecule has 1 aromatic carbocycles. The molecule has 0 heterocycles. The number of hydrogen-bond acceptors (Lipinski definition) is 3. The van der Waals surface area contributed by atoms with E-state index in [1.807, 2.05) is 13.8 Å². The van der Waals surface area contributed by atoms with Crippen molar-refractivity contribution in [1.29, 1.82) is 0 Å². The molecule has 0 amide bonds. The summed E-state index contributed by atoms with van der Waals surface area (Å²) in [6, 6.07) is 6.85. The first-order chi connectivity index (χ1) is 11.3. The summed E-state index contributed by atoms with van der Waals surface area (Å²) in [5.41, 5.74) is 2.34. The average molecular weight is 462 g/mol. The van der Waals surface area contributed by atoms with E-state index < -0.39 is 0 Å². The number of aliphatic imine (C=N–C) groups is 1. The molecule has 0 radical (unpaired) electrons. The van der Waals surface area contributed by atoms with Crippen molar-refractivity contribution in [3.63, 3.8) is 0 Å². The number of hydrogen-bond donors (Lipinski definition) is 2. The maximum absolute atomic E-state index is 5.92. The Morgan fingerprint density at radius 2 is 1.88 bits per heavy atom. The number of nitrogens with zero attached hydrogens (tertiary/aromatic N) is 2.